The normalized spacial score (nSPS) is 25.3. The standard InChI is InChI=1S/C14H27NO/c1-12(2)10-15(13-6-7-13)11-14(16)8-4-3-5-9-14/h12-13,16H,3-11H2,1-2H3. The van der Waals surface area contributed by atoms with E-state index in [0.29, 0.717) is 5.92 Å². The van der Waals surface area contributed by atoms with Gasteiger partial charge in [0.15, 0.2) is 0 Å². The molecular weight excluding hydrogens is 198 g/mol. The monoisotopic (exact) mass is 225 g/mol. The zero-order chi connectivity index (χ0) is 11.6. The third-order valence-electron chi connectivity index (χ3n) is 3.94. The summed E-state index contributed by atoms with van der Waals surface area (Å²) in [7, 11) is 0. The van der Waals surface area contributed by atoms with Crippen LogP contribution in [0.25, 0.3) is 0 Å². The highest BCUT2D eigenvalue weighted by molar-refractivity contribution is 4.92. The van der Waals surface area contributed by atoms with Crippen LogP contribution in [0.1, 0.15) is 58.8 Å². The largest absolute Gasteiger partial charge is 0.389 e. The average molecular weight is 225 g/mol. The molecule has 0 aliphatic heterocycles. The van der Waals surface area contributed by atoms with Gasteiger partial charge in [-0.15, -0.1) is 0 Å². The number of hydrogen-bond acceptors (Lipinski definition) is 2. The molecule has 0 heterocycles. The highest BCUT2D eigenvalue weighted by Crippen LogP contribution is 2.33. The van der Waals surface area contributed by atoms with Gasteiger partial charge < -0.3 is 5.11 Å². The molecule has 1 N–H and O–H groups in total. The lowest BCUT2D eigenvalue weighted by Crippen LogP contribution is -2.46. The Kier molecular flexibility index (Phi) is 3.91. The molecule has 0 amide bonds. The first-order chi connectivity index (χ1) is 7.59. The Labute approximate surface area is 100 Å². The summed E-state index contributed by atoms with van der Waals surface area (Å²) in [6.45, 7) is 6.64. The van der Waals surface area contributed by atoms with Crippen LogP contribution in [0.2, 0.25) is 0 Å². The molecule has 0 atom stereocenters. The minimum Gasteiger partial charge on any atom is -0.389 e. The Morgan fingerprint density at radius 3 is 2.31 bits per heavy atom. The van der Waals surface area contributed by atoms with Crippen LogP contribution in [0.15, 0.2) is 0 Å². The molecule has 2 rings (SSSR count). The van der Waals surface area contributed by atoms with Gasteiger partial charge in [-0.2, -0.15) is 0 Å². The van der Waals surface area contributed by atoms with E-state index >= 15 is 0 Å². The van der Waals surface area contributed by atoms with Gasteiger partial charge in [0.2, 0.25) is 0 Å². The number of aliphatic hydroxyl groups is 1. The van der Waals surface area contributed by atoms with E-state index < -0.39 is 0 Å². The molecule has 0 unspecified atom stereocenters. The molecular formula is C14H27NO. The smallest absolute Gasteiger partial charge is 0.0774 e. The second-order valence-electron chi connectivity index (χ2n) is 6.34. The van der Waals surface area contributed by atoms with Crippen molar-refractivity contribution in [3.8, 4) is 0 Å². The number of rotatable bonds is 5. The number of nitrogens with zero attached hydrogens (tertiary/aromatic N) is 1. The minimum atomic E-state index is -0.365. The van der Waals surface area contributed by atoms with Crippen LogP contribution in [-0.2, 0) is 0 Å². The molecule has 0 aromatic carbocycles. The molecule has 0 aromatic heterocycles. The summed E-state index contributed by atoms with van der Waals surface area (Å²) in [6.07, 6.45) is 8.50. The van der Waals surface area contributed by atoms with E-state index in [9.17, 15) is 5.11 Å². The first kappa shape index (κ1) is 12.4. The quantitative estimate of drug-likeness (QED) is 0.777. The summed E-state index contributed by atoms with van der Waals surface area (Å²) in [5, 5.41) is 10.6. The van der Waals surface area contributed by atoms with Crippen molar-refractivity contribution in [2.45, 2.75) is 70.4 Å². The maximum atomic E-state index is 10.6. The van der Waals surface area contributed by atoms with Crippen LogP contribution < -0.4 is 0 Å². The lowest BCUT2D eigenvalue weighted by molar-refractivity contribution is -0.0304. The summed E-state index contributed by atoms with van der Waals surface area (Å²) in [6, 6.07) is 0.786. The fourth-order valence-corrected chi connectivity index (χ4v) is 3.00. The maximum Gasteiger partial charge on any atom is 0.0774 e. The summed E-state index contributed by atoms with van der Waals surface area (Å²) >= 11 is 0. The van der Waals surface area contributed by atoms with Crippen molar-refractivity contribution in [3.63, 3.8) is 0 Å². The fourth-order valence-electron chi connectivity index (χ4n) is 3.00. The zero-order valence-electron chi connectivity index (χ0n) is 10.9. The summed E-state index contributed by atoms with van der Waals surface area (Å²) in [5.41, 5.74) is -0.365. The molecule has 2 nitrogen and oxygen atoms in total. The number of hydrogen-bond donors (Lipinski definition) is 1. The summed E-state index contributed by atoms with van der Waals surface area (Å²) in [4.78, 5) is 2.55. The van der Waals surface area contributed by atoms with E-state index in [1.165, 1.54) is 32.1 Å². The van der Waals surface area contributed by atoms with Gasteiger partial charge in [0.25, 0.3) is 0 Å². The predicted molar refractivity (Wildman–Crippen MR) is 67.5 cm³/mol. The van der Waals surface area contributed by atoms with Crippen molar-refractivity contribution in [1.29, 1.82) is 0 Å². The summed E-state index contributed by atoms with van der Waals surface area (Å²) in [5.74, 6) is 0.716. The molecule has 0 radical (unpaired) electrons. The van der Waals surface area contributed by atoms with E-state index in [0.717, 1.165) is 32.0 Å². The van der Waals surface area contributed by atoms with Gasteiger partial charge in [-0.3, -0.25) is 4.90 Å². The van der Waals surface area contributed by atoms with Crippen LogP contribution in [0.3, 0.4) is 0 Å². The van der Waals surface area contributed by atoms with Crippen LogP contribution in [0.5, 0.6) is 0 Å². The molecule has 2 fully saturated rings. The highest BCUT2D eigenvalue weighted by atomic mass is 16.3. The lowest BCUT2D eigenvalue weighted by atomic mass is 9.84. The molecule has 2 aliphatic rings. The molecule has 0 spiro atoms. The molecule has 2 aliphatic carbocycles. The lowest BCUT2D eigenvalue weighted by Gasteiger charge is -2.37. The molecule has 2 saturated carbocycles. The molecule has 0 aromatic rings. The third-order valence-corrected chi connectivity index (χ3v) is 3.94. The van der Waals surface area contributed by atoms with E-state index in [4.69, 9.17) is 0 Å². The Bertz CT molecular complexity index is 217. The molecule has 2 heteroatoms. The van der Waals surface area contributed by atoms with Crippen molar-refractivity contribution in [1.82, 2.24) is 4.90 Å². The molecule has 0 saturated heterocycles. The predicted octanol–water partition coefficient (Wildman–Crippen LogP) is 2.80. The fraction of sp³-hybridized carbons (Fsp3) is 1.00. The summed E-state index contributed by atoms with van der Waals surface area (Å²) < 4.78 is 0. The second-order valence-corrected chi connectivity index (χ2v) is 6.34. The minimum absolute atomic E-state index is 0.365. The molecule has 0 bridgehead atoms. The Morgan fingerprint density at radius 1 is 1.19 bits per heavy atom. The van der Waals surface area contributed by atoms with Gasteiger partial charge in [0.05, 0.1) is 5.60 Å². The van der Waals surface area contributed by atoms with E-state index in [1.807, 2.05) is 0 Å². The Hall–Kier alpha value is -0.0800. The molecule has 16 heavy (non-hydrogen) atoms. The van der Waals surface area contributed by atoms with Gasteiger partial charge in [0.1, 0.15) is 0 Å². The van der Waals surface area contributed by atoms with Gasteiger partial charge in [-0.25, -0.2) is 0 Å². The van der Waals surface area contributed by atoms with Crippen LogP contribution in [0.4, 0.5) is 0 Å². The van der Waals surface area contributed by atoms with Crippen molar-refractivity contribution >= 4 is 0 Å². The third kappa shape index (κ3) is 3.46. The topological polar surface area (TPSA) is 23.5 Å². The van der Waals surface area contributed by atoms with Crippen LogP contribution in [-0.4, -0.2) is 34.7 Å². The first-order valence-electron chi connectivity index (χ1n) is 7.05. The van der Waals surface area contributed by atoms with Crippen LogP contribution in [0, 0.1) is 5.92 Å². The van der Waals surface area contributed by atoms with E-state index in [2.05, 4.69) is 18.7 Å². The maximum absolute atomic E-state index is 10.6. The van der Waals surface area contributed by atoms with Gasteiger partial charge in [-0.1, -0.05) is 33.1 Å². The SMILES string of the molecule is CC(C)CN(CC1(O)CCCCC1)C1CC1. The Balaban J connectivity index is 1.88. The van der Waals surface area contributed by atoms with Crippen molar-refractivity contribution in [2.24, 2.45) is 5.92 Å². The zero-order valence-corrected chi connectivity index (χ0v) is 10.9. The van der Waals surface area contributed by atoms with Gasteiger partial charge in [-0.05, 0) is 31.6 Å². The van der Waals surface area contributed by atoms with Gasteiger partial charge >= 0.3 is 0 Å². The van der Waals surface area contributed by atoms with E-state index in [-0.39, 0.29) is 5.60 Å². The van der Waals surface area contributed by atoms with Crippen LogP contribution >= 0.6 is 0 Å². The van der Waals surface area contributed by atoms with E-state index in [1.54, 1.807) is 0 Å². The first-order valence-corrected chi connectivity index (χ1v) is 7.05. The Morgan fingerprint density at radius 2 is 1.81 bits per heavy atom. The molecule has 94 valence electrons. The van der Waals surface area contributed by atoms with Crippen molar-refractivity contribution in [3.05, 3.63) is 0 Å². The van der Waals surface area contributed by atoms with Gasteiger partial charge in [0, 0.05) is 19.1 Å². The average Bonchev–Trinajstić information content (AvgIpc) is 2.99. The van der Waals surface area contributed by atoms with Crippen molar-refractivity contribution in [2.75, 3.05) is 13.1 Å². The second kappa shape index (κ2) is 5.05. The van der Waals surface area contributed by atoms with Crippen molar-refractivity contribution < 1.29 is 5.11 Å². The highest BCUT2D eigenvalue weighted by Gasteiger charge is 2.37.